The molecule has 0 unspecified atom stereocenters. The topological polar surface area (TPSA) is 97.6 Å². The minimum absolute atomic E-state index is 0.0753. The largest absolute Gasteiger partial charge is 0.414 e. The zero-order valence-corrected chi connectivity index (χ0v) is 16.9. The standard InChI is InChI=1S/C19H11ClN2O5S2/c20-13-1-4-15(5-2-13)29(25,26)22(18(23)12-7-9-21-10-8-12)14-3-6-16-17(11-14)28-19(24)27-16/h1-11H. The third kappa shape index (κ3) is 3.67. The van der Waals surface area contributed by atoms with Gasteiger partial charge in [-0.25, -0.2) is 13.2 Å². The summed E-state index contributed by atoms with van der Waals surface area (Å²) in [5, 5.41) is 0.362. The first-order chi connectivity index (χ1) is 13.9. The van der Waals surface area contributed by atoms with Crippen LogP contribution in [0.25, 0.3) is 10.3 Å². The molecule has 0 aliphatic heterocycles. The van der Waals surface area contributed by atoms with E-state index in [0.717, 1.165) is 11.3 Å². The first-order valence-electron chi connectivity index (χ1n) is 8.15. The van der Waals surface area contributed by atoms with Gasteiger partial charge in [0.05, 0.1) is 15.3 Å². The Hall–Kier alpha value is -3.01. The zero-order chi connectivity index (χ0) is 20.6. The Morgan fingerprint density at radius 3 is 2.41 bits per heavy atom. The van der Waals surface area contributed by atoms with Crippen molar-refractivity contribution in [2.45, 2.75) is 4.90 Å². The molecule has 0 radical (unpaired) electrons. The molecule has 146 valence electrons. The molecule has 10 heteroatoms. The number of benzene rings is 2. The Morgan fingerprint density at radius 2 is 1.72 bits per heavy atom. The number of nitrogens with zero attached hydrogens (tertiary/aromatic N) is 2. The molecule has 0 aliphatic rings. The van der Waals surface area contributed by atoms with Gasteiger partial charge in [0, 0.05) is 23.0 Å². The van der Waals surface area contributed by atoms with Gasteiger partial charge in [-0.15, -0.1) is 0 Å². The lowest BCUT2D eigenvalue weighted by molar-refractivity contribution is 0.101. The molecule has 0 aliphatic carbocycles. The van der Waals surface area contributed by atoms with Gasteiger partial charge >= 0.3 is 4.94 Å². The maximum Gasteiger partial charge on any atom is 0.396 e. The molecule has 0 saturated carbocycles. The minimum Gasteiger partial charge on any atom is -0.414 e. The van der Waals surface area contributed by atoms with Crippen molar-refractivity contribution < 1.29 is 17.6 Å². The van der Waals surface area contributed by atoms with Crippen molar-refractivity contribution in [3.8, 4) is 0 Å². The van der Waals surface area contributed by atoms with Crippen LogP contribution in [0.15, 0.2) is 81.1 Å². The molecule has 29 heavy (non-hydrogen) atoms. The van der Waals surface area contributed by atoms with Crippen molar-refractivity contribution in [2.24, 2.45) is 0 Å². The highest BCUT2D eigenvalue weighted by molar-refractivity contribution is 7.93. The van der Waals surface area contributed by atoms with Crippen molar-refractivity contribution in [3.05, 3.63) is 87.3 Å². The van der Waals surface area contributed by atoms with Crippen molar-refractivity contribution in [1.82, 2.24) is 4.98 Å². The van der Waals surface area contributed by atoms with Crippen LogP contribution in [0.1, 0.15) is 10.4 Å². The molecule has 0 spiro atoms. The van der Waals surface area contributed by atoms with E-state index < -0.39 is 20.9 Å². The van der Waals surface area contributed by atoms with E-state index in [1.54, 1.807) is 0 Å². The van der Waals surface area contributed by atoms with Crippen LogP contribution < -0.4 is 9.24 Å². The molecule has 0 bridgehead atoms. The highest BCUT2D eigenvalue weighted by atomic mass is 35.5. The van der Waals surface area contributed by atoms with Gasteiger partial charge in [0.2, 0.25) is 0 Å². The van der Waals surface area contributed by atoms with E-state index in [0.29, 0.717) is 19.6 Å². The molecule has 4 rings (SSSR count). The second-order valence-corrected chi connectivity index (χ2v) is 9.05. The number of hydrogen-bond acceptors (Lipinski definition) is 7. The summed E-state index contributed by atoms with van der Waals surface area (Å²) in [6.07, 6.45) is 2.79. The van der Waals surface area contributed by atoms with Crippen molar-refractivity contribution in [3.63, 3.8) is 0 Å². The molecule has 4 aromatic rings. The van der Waals surface area contributed by atoms with Crippen LogP contribution in [-0.2, 0) is 10.0 Å². The van der Waals surface area contributed by atoms with Gasteiger partial charge in [0.15, 0.2) is 0 Å². The smallest absolute Gasteiger partial charge is 0.396 e. The number of rotatable bonds is 4. The Labute approximate surface area is 173 Å². The SMILES string of the molecule is O=C(c1ccncc1)N(c1ccc2oc(=O)sc2c1)S(=O)(=O)c1ccc(Cl)cc1. The van der Waals surface area contributed by atoms with Crippen LogP contribution in [0.3, 0.4) is 0 Å². The Balaban J connectivity index is 1.91. The molecular weight excluding hydrogens is 436 g/mol. The average molecular weight is 447 g/mol. The highest BCUT2D eigenvalue weighted by Gasteiger charge is 2.32. The van der Waals surface area contributed by atoms with Crippen LogP contribution >= 0.6 is 22.9 Å². The second kappa shape index (κ2) is 7.43. The summed E-state index contributed by atoms with van der Waals surface area (Å²) < 4.78 is 32.9. The van der Waals surface area contributed by atoms with Crippen LogP contribution in [0.2, 0.25) is 5.02 Å². The second-order valence-electron chi connectivity index (χ2n) is 5.85. The van der Waals surface area contributed by atoms with E-state index in [1.807, 2.05) is 0 Å². The normalized spacial score (nSPS) is 11.5. The van der Waals surface area contributed by atoms with E-state index in [4.69, 9.17) is 16.0 Å². The molecule has 2 aromatic carbocycles. The maximum atomic E-state index is 13.4. The van der Waals surface area contributed by atoms with E-state index in [1.165, 1.54) is 67.0 Å². The van der Waals surface area contributed by atoms with Crippen LogP contribution in [0.4, 0.5) is 5.69 Å². The summed E-state index contributed by atoms with van der Waals surface area (Å²) in [6, 6.07) is 12.6. The third-order valence-electron chi connectivity index (χ3n) is 4.01. The monoisotopic (exact) mass is 446 g/mol. The number of sulfonamides is 1. The molecular formula is C19H11ClN2O5S2. The van der Waals surface area contributed by atoms with Gasteiger partial charge in [-0.05, 0) is 54.6 Å². The lowest BCUT2D eigenvalue weighted by Crippen LogP contribution is -2.37. The number of hydrogen-bond donors (Lipinski definition) is 0. The van der Waals surface area contributed by atoms with Crippen LogP contribution in [-0.4, -0.2) is 19.3 Å². The Bertz CT molecular complexity index is 1360. The number of amides is 1. The fraction of sp³-hybridized carbons (Fsp3) is 0. The quantitative estimate of drug-likeness (QED) is 0.471. The molecule has 2 aromatic heterocycles. The van der Waals surface area contributed by atoms with Gasteiger partial charge in [0.1, 0.15) is 5.58 Å². The van der Waals surface area contributed by atoms with Crippen LogP contribution in [0, 0.1) is 0 Å². The lowest BCUT2D eigenvalue weighted by atomic mass is 10.2. The van der Waals surface area contributed by atoms with Crippen LogP contribution in [0.5, 0.6) is 0 Å². The van der Waals surface area contributed by atoms with E-state index in [-0.39, 0.29) is 16.1 Å². The Morgan fingerprint density at radius 1 is 1.03 bits per heavy atom. The van der Waals surface area contributed by atoms with E-state index >= 15 is 0 Å². The van der Waals surface area contributed by atoms with Gasteiger partial charge in [0.25, 0.3) is 15.9 Å². The maximum absolute atomic E-state index is 13.4. The van der Waals surface area contributed by atoms with Gasteiger partial charge in [-0.1, -0.05) is 22.9 Å². The summed E-state index contributed by atoms with van der Waals surface area (Å²) in [4.78, 5) is 27.9. The number of aromatic nitrogens is 1. The molecule has 2 heterocycles. The summed E-state index contributed by atoms with van der Waals surface area (Å²) in [5.41, 5.74) is 0.522. The molecule has 0 fully saturated rings. The average Bonchev–Trinajstić information content (AvgIpc) is 3.08. The molecule has 0 saturated heterocycles. The number of carbonyl (C=O) groups is 1. The predicted octanol–water partition coefficient (Wildman–Crippen LogP) is 3.94. The minimum atomic E-state index is -4.28. The summed E-state index contributed by atoms with van der Waals surface area (Å²) in [6.45, 7) is 0. The summed E-state index contributed by atoms with van der Waals surface area (Å²) in [7, 11) is -4.28. The fourth-order valence-corrected chi connectivity index (χ4v) is 4.91. The number of halogens is 1. The molecule has 0 atom stereocenters. The van der Waals surface area contributed by atoms with E-state index in [9.17, 15) is 18.0 Å². The third-order valence-corrected chi connectivity index (χ3v) is 6.78. The first kappa shape index (κ1) is 19.3. The number of fused-ring (bicyclic) bond motifs is 1. The highest BCUT2D eigenvalue weighted by Crippen LogP contribution is 2.30. The molecule has 7 nitrogen and oxygen atoms in total. The van der Waals surface area contributed by atoms with Crippen molar-refractivity contribution >= 4 is 54.8 Å². The summed E-state index contributed by atoms with van der Waals surface area (Å²) in [5.74, 6) is -0.766. The first-order valence-corrected chi connectivity index (χ1v) is 10.8. The van der Waals surface area contributed by atoms with E-state index in [2.05, 4.69) is 4.98 Å². The number of carbonyl (C=O) groups excluding carboxylic acids is 1. The Kier molecular flexibility index (Phi) is 4.95. The van der Waals surface area contributed by atoms with Gasteiger partial charge in [-0.2, -0.15) is 4.31 Å². The van der Waals surface area contributed by atoms with Crippen molar-refractivity contribution in [2.75, 3.05) is 4.31 Å². The lowest BCUT2D eigenvalue weighted by Gasteiger charge is -2.22. The summed E-state index contributed by atoms with van der Waals surface area (Å²) >= 11 is 6.68. The number of pyridine rings is 1. The van der Waals surface area contributed by atoms with Crippen molar-refractivity contribution in [1.29, 1.82) is 0 Å². The fourth-order valence-electron chi connectivity index (χ4n) is 2.68. The molecule has 0 N–H and O–H groups in total. The van der Waals surface area contributed by atoms with Gasteiger partial charge < -0.3 is 4.42 Å². The predicted molar refractivity (Wildman–Crippen MR) is 110 cm³/mol. The molecule has 1 amide bonds. The number of anilines is 1. The van der Waals surface area contributed by atoms with Gasteiger partial charge in [-0.3, -0.25) is 9.78 Å². The zero-order valence-electron chi connectivity index (χ0n) is 14.5.